The smallest absolute Gasteiger partial charge is 0.240 e. The van der Waals surface area contributed by atoms with Crippen LogP contribution < -0.4 is 16.0 Å². The monoisotopic (exact) mass is 258 g/mol. The molecule has 2 heterocycles. The van der Waals surface area contributed by atoms with Gasteiger partial charge in [0.05, 0.1) is 6.54 Å². The highest BCUT2D eigenvalue weighted by Crippen LogP contribution is 2.25. The number of benzene rings is 1. The van der Waals surface area contributed by atoms with E-state index in [0.717, 1.165) is 17.8 Å². The summed E-state index contributed by atoms with van der Waals surface area (Å²) in [7, 11) is 0. The molecule has 1 amide bonds. The quantitative estimate of drug-likeness (QED) is 0.834. The van der Waals surface area contributed by atoms with E-state index < -0.39 is 0 Å². The number of hydrogen-bond donors (Lipinski definition) is 2. The molecule has 6 nitrogen and oxygen atoms in total. The molecule has 1 fully saturated rings. The number of piperazine rings is 1. The van der Waals surface area contributed by atoms with Crippen LogP contribution in [0.2, 0.25) is 0 Å². The zero-order chi connectivity index (χ0) is 13.2. The molecule has 3 rings (SSSR count). The lowest BCUT2D eigenvalue weighted by molar-refractivity contribution is -0.118. The van der Waals surface area contributed by atoms with Crippen LogP contribution in [0.3, 0.4) is 0 Å². The lowest BCUT2D eigenvalue weighted by Gasteiger charge is -2.27. The second kappa shape index (κ2) is 4.74. The molecule has 0 aliphatic carbocycles. The minimum Gasteiger partial charge on any atom is -0.368 e. The van der Waals surface area contributed by atoms with Crippen molar-refractivity contribution in [1.82, 2.24) is 10.5 Å². The van der Waals surface area contributed by atoms with Gasteiger partial charge in [-0.25, -0.2) is 0 Å². The predicted molar refractivity (Wildman–Crippen MR) is 71.6 cm³/mol. The Balaban J connectivity index is 1.93. The van der Waals surface area contributed by atoms with Gasteiger partial charge in [-0.2, -0.15) is 0 Å². The molecule has 0 saturated carbocycles. The van der Waals surface area contributed by atoms with Crippen molar-refractivity contribution in [2.45, 2.75) is 0 Å². The summed E-state index contributed by atoms with van der Waals surface area (Å²) in [5.74, 6) is 0.349. The highest BCUT2D eigenvalue weighted by Gasteiger charge is 2.19. The number of nitrogens with two attached hydrogens (primary N) is 1. The third-order valence-electron chi connectivity index (χ3n) is 3.07. The molecule has 3 N–H and O–H groups in total. The van der Waals surface area contributed by atoms with Gasteiger partial charge < -0.3 is 20.5 Å². The van der Waals surface area contributed by atoms with Crippen LogP contribution in [0.25, 0.3) is 11.3 Å². The minimum atomic E-state index is 0.0723. The number of nitrogen functional groups attached to an aromatic ring is 1. The minimum absolute atomic E-state index is 0.0723. The third kappa shape index (κ3) is 2.30. The third-order valence-corrected chi connectivity index (χ3v) is 3.07. The average Bonchev–Trinajstić information content (AvgIpc) is 2.86. The number of aromatic nitrogens is 1. The largest absolute Gasteiger partial charge is 0.368 e. The van der Waals surface area contributed by atoms with Gasteiger partial charge in [0.15, 0.2) is 0 Å². The molecular weight excluding hydrogens is 244 g/mol. The fraction of sp³-hybridized carbons (Fsp3) is 0.231. The van der Waals surface area contributed by atoms with Crippen molar-refractivity contribution in [2.75, 3.05) is 30.3 Å². The number of nitrogens with zero attached hydrogens (tertiary/aromatic N) is 2. The molecule has 0 atom stereocenters. The van der Waals surface area contributed by atoms with Gasteiger partial charge >= 0.3 is 0 Å². The van der Waals surface area contributed by atoms with E-state index in [9.17, 15) is 4.79 Å². The number of anilines is 2. The molecule has 0 bridgehead atoms. The fourth-order valence-corrected chi connectivity index (χ4v) is 2.14. The van der Waals surface area contributed by atoms with Crippen molar-refractivity contribution in [3.8, 4) is 11.3 Å². The topological polar surface area (TPSA) is 84.4 Å². The van der Waals surface area contributed by atoms with Gasteiger partial charge in [0.1, 0.15) is 5.69 Å². The SMILES string of the molecule is Nc1cc(-c2cccc(N3CCNCC3=O)c2)no1. The lowest BCUT2D eigenvalue weighted by atomic mass is 10.1. The van der Waals surface area contributed by atoms with Crippen molar-refractivity contribution in [3.05, 3.63) is 30.3 Å². The van der Waals surface area contributed by atoms with Gasteiger partial charge in [-0.05, 0) is 12.1 Å². The summed E-state index contributed by atoms with van der Waals surface area (Å²) in [4.78, 5) is 13.6. The second-order valence-electron chi connectivity index (χ2n) is 4.39. The van der Waals surface area contributed by atoms with Gasteiger partial charge in [-0.1, -0.05) is 17.3 Å². The van der Waals surface area contributed by atoms with Crippen LogP contribution in [0.15, 0.2) is 34.9 Å². The van der Waals surface area contributed by atoms with E-state index >= 15 is 0 Å². The Hall–Kier alpha value is -2.34. The fourth-order valence-electron chi connectivity index (χ4n) is 2.14. The van der Waals surface area contributed by atoms with E-state index in [4.69, 9.17) is 10.3 Å². The lowest BCUT2D eigenvalue weighted by Crippen LogP contribution is -2.48. The summed E-state index contributed by atoms with van der Waals surface area (Å²) in [6.07, 6.45) is 0. The normalized spacial score (nSPS) is 15.8. The van der Waals surface area contributed by atoms with E-state index in [1.165, 1.54) is 0 Å². The molecule has 98 valence electrons. The highest BCUT2D eigenvalue weighted by molar-refractivity contribution is 5.96. The van der Waals surface area contributed by atoms with Crippen molar-refractivity contribution < 1.29 is 9.32 Å². The molecule has 1 aliphatic rings. The Bertz CT molecular complexity index is 608. The molecule has 1 aromatic heterocycles. The van der Waals surface area contributed by atoms with Gasteiger partial charge in [0.25, 0.3) is 0 Å². The van der Waals surface area contributed by atoms with Crippen LogP contribution in [0.4, 0.5) is 11.6 Å². The van der Waals surface area contributed by atoms with Gasteiger partial charge in [-0.3, -0.25) is 4.79 Å². The Morgan fingerprint density at radius 2 is 2.26 bits per heavy atom. The van der Waals surface area contributed by atoms with Crippen LogP contribution in [0, 0.1) is 0 Å². The number of hydrogen-bond acceptors (Lipinski definition) is 5. The Labute approximate surface area is 110 Å². The molecule has 1 saturated heterocycles. The van der Waals surface area contributed by atoms with E-state index in [2.05, 4.69) is 10.5 Å². The zero-order valence-electron chi connectivity index (χ0n) is 10.3. The molecule has 19 heavy (non-hydrogen) atoms. The summed E-state index contributed by atoms with van der Waals surface area (Å²) in [5, 5.41) is 6.92. The zero-order valence-corrected chi connectivity index (χ0v) is 10.3. The molecule has 2 aromatic rings. The van der Waals surface area contributed by atoms with Crippen LogP contribution in [0.1, 0.15) is 0 Å². The van der Waals surface area contributed by atoms with Crippen molar-refractivity contribution in [2.24, 2.45) is 0 Å². The highest BCUT2D eigenvalue weighted by atomic mass is 16.5. The maximum atomic E-state index is 11.9. The number of carbonyl (C=O) groups is 1. The number of carbonyl (C=O) groups excluding carboxylic acids is 1. The summed E-state index contributed by atoms with van der Waals surface area (Å²) < 4.78 is 4.86. The van der Waals surface area contributed by atoms with Crippen molar-refractivity contribution >= 4 is 17.5 Å². The molecule has 6 heteroatoms. The summed E-state index contributed by atoms with van der Waals surface area (Å²) >= 11 is 0. The first-order valence-corrected chi connectivity index (χ1v) is 6.08. The molecule has 0 unspecified atom stereocenters. The van der Waals surface area contributed by atoms with Gasteiger partial charge in [0.2, 0.25) is 11.8 Å². The van der Waals surface area contributed by atoms with E-state index in [-0.39, 0.29) is 11.8 Å². The Kier molecular flexibility index (Phi) is 2.92. The van der Waals surface area contributed by atoms with Crippen LogP contribution in [-0.2, 0) is 4.79 Å². The molecule has 0 spiro atoms. The summed E-state index contributed by atoms with van der Waals surface area (Å²) in [6, 6.07) is 9.30. The predicted octanol–water partition coefficient (Wildman–Crippen LogP) is 0.860. The van der Waals surface area contributed by atoms with Crippen LogP contribution in [0.5, 0.6) is 0 Å². The first-order valence-electron chi connectivity index (χ1n) is 6.08. The Morgan fingerprint density at radius 1 is 1.37 bits per heavy atom. The standard InChI is InChI=1S/C13H14N4O2/c14-12-7-11(16-19-12)9-2-1-3-10(6-9)17-5-4-15-8-13(17)18/h1-3,6-7,15H,4-5,8,14H2. The van der Waals surface area contributed by atoms with Crippen molar-refractivity contribution in [1.29, 1.82) is 0 Å². The number of amides is 1. The molecule has 1 aromatic carbocycles. The van der Waals surface area contributed by atoms with Crippen LogP contribution in [-0.4, -0.2) is 30.7 Å². The second-order valence-corrected chi connectivity index (χ2v) is 4.39. The van der Waals surface area contributed by atoms with Crippen LogP contribution >= 0.6 is 0 Å². The average molecular weight is 258 g/mol. The van der Waals surface area contributed by atoms with E-state index in [1.807, 2.05) is 24.3 Å². The van der Waals surface area contributed by atoms with E-state index in [1.54, 1.807) is 11.0 Å². The van der Waals surface area contributed by atoms with E-state index in [0.29, 0.717) is 18.8 Å². The maximum Gasteiger partial charge on any atom is 0.240 e. The summed E-state index contributed by atoms with van der Waals surface area (Å²) in [5.41, 5.74) is 7.93. The first kappa shape index (κ1) is 11.7. The molecule has 0 radical (unpaired) electrons. The number of nitrogens with one attached hydrogen (secondary N) is 1. The Morgan fingerprint density at radius 3 is 3.00 bits per heavy atom. The van der Waals surface area contributed by atoms with Gasteiger partial charge in [0, 0.05) is 30.4 Å². The van der Waals surface area contributed by atoms with Gasteiger partial charge in [-0.15, -0.1) is 0 Å². The number of rotatable bonds is 2. The molecule has 1 aliphatic heterocycles. The molecular formula is C13H14N4O2. The van der Waals surface area contributed by atoms with Crippen molar-refractivity contribution in [3.63, 3.8) is 0 Å². The maximum absolute atomic E-state index is 11.9. The summed E-state index contributed by atoms with van der Waals surface area (Å²) in [6.45, 7) is 1.84. The first-order chi connectivity index (χ1) is 9.24.